The number of rotatable bonds is 2. The molecule has 1 N–H and O–H groups in total. The zero-order valence-corrected chi connectivity index (χ0v) is 12.1. The first-order chi connectivity index (χ1) is 9.78. The van der Waals surface area contributed by atoms with Crippen LogP contribution < -0.4 is 10.2 Å². The van der Waals surface area contributed by atoms with E-state index in [-0.39, 0.29) is 0 Å². The van der Waals surface area contributed by atoms with Crippen LogP contribution in [-0.4, -0.2) is 23.1 Å². The molecule has 1 aromatic carbocycles. The van der Waals surface area contributed by atoms with Crippen molar-refractivity contribution in [1.29, 1.82) is 0 Å². The lowest BCUT2D eigenvalue weighted by Gasteiger charge is -2.24. The van der Waals surface area contributed by atoms with Crippen molar-refractivity contribution in [2.24, 2.45) is 0 Å². The van der Waals surface area contributed by atoms with Gasteiger partial charge in [-0.3, -0.25) is 0 Å². The summed E-state index contributed by atoms with van der Waals surface area (Å²) in [7, 11) is 0. The second-order valence-electron chi connectivity index (χ2n) is 5.08. The van der Waals surface area contributed by atoms with Gasteiger partial charge in [-0.25, -0.2) is 9.97 Å². The molecule has 0 fully saturated rings. The zero-order chi connectivity index (χ0) is 13.9. The van der Waals surface area contributed by atoms with Gasteiger partial charge in [0.05, 0.1) is 0 Å². The Hall–Kier alpha value is -1.94. The Morgan fingerprint density at radius 3 is 2.95 bits per heavy atom. The normalized spacial score (nSPS) is 14.8. The van der Waals surface area contributed by atoms with Crippen LogP contribution >= 0.6 is 0 Å². The van der Waals surface area contributed by atoms with Gasteiger partial charge in [-0.05, 0) is 25.0 Å². The van der Waals surface area contributed by atoms with E-state index in [0.717, 1.165) is 43.4 Å². The average molecular weight is 268 g/mol. The molecule has 0 amide bonds. The van der Waals surface area contributed by atoms with Crippen molar-refractivity contribution in [1.82, 2.24) is 15.3 Å². The van der Waals surface area contributed by atoms with Gasteiger partial charge in [0.15, 0.2) is 0 Å². The van der Waals surface area contributed by atoms with Crippen molar-refractivity contribution in [3.63, 3.8) is 0 Å². The predicted octanol–water partition coefficient (Wildman–Crippen LogP) is 2.59. The standard InChI is InChI=1S/C16H20N4/c1-3-14-10-16(19-12(2)18-14)20-9-8-17-11-13-6-4-5-7-15(13)20/h4-7,10,17H,3,8-9,11H2,1-2H3. The fraction of sp³-hybridized carbons (Fsp3) is 0.375. The molecule has 0 unspecified atom stereocenters. The van der Waals surface area contributed by atoms with Crippen LogP contribution in [0, 0.1) is 6.92 Å². The third kappa shape index (κ3) is 2.51. The van der Waals surface area contributed by atoms with E-state index < -0.39 is 0 Å². The minimum Gasteiger partial charge on any atom is -0.325 e. The Kier molecular flexibility index (Phi) is 3.65. The maximum atomic E-state index is 4.63. The van der Waals surface area contributed by atoms with Gasteiger partial charge in [0.1, 0.15) is 11.6 Å². The largest absolute Gasteiger partial charge is 0.325 e. The molecule has 4 heteroatoms. The quantitative estimate of drug-likeness (QED) is 0.909. The highest BCUT2D eigenvalue weighted by atomic mass is 15.2. The van der Waals surface area contributed by atoms with Crippen LogP contribution in [0.5, 0.6) is 0 Å². The molecule has 0 spiro atoms. The van der Waals surface area contributed by atoms with Crippen LogP contribution in [0.3, 0.4) is 0 Å². The first-order valence-corrected chi connectivity index (χ1v) is 7.18. The molecule has 1 aliphatic rings. The minimum atomic E-state index is 0.842. The molecule has 4 nitrogen and oxygen atoms in total. The zero-order valence-electron chi connectivity index (χ0n) is 12.1. The van der Waals surface area contributed by atoms with Crippen molar-refractivity contribution in [3.8, 4) is 0 Å². The van der Waals surface area contributed by atoms with E-state index >= 15 is 0 Å². The molecule has 0 radical (unpaired) electrons. The summed E-state index contributed by atoms with van der Waals surface area (Å²) in [5.74, 6) is 1.85. The number of hydrogen-bond donors (Lipinski definition) is 1. The van der Waals surface area contributed by atoms with Gasteiger partial charge < -0.3 is 10.2 Å². The molecule has 0 saturated heterocycles. The molecule has 1 aromatic heterocycles. The summed E-state index contributed by atoms with van der Waals surface area (Å²) in [5, 5.41) is 3.46. The first kappa shape index (κ1) is 13.1. The molecule has 104 valence electrons. The van der Waals surface area contributed by atoms with E-state index in [2.05, 4.69) is 57.4 Å². The van der Waals surface area contributed by atoms with Crippen LogP contribution in [0.1, 0.15) is 24.0 Å². The maximum absolute atomic E-state index is 4.63. The van der Waals surface area contributed by atoms with Gasteiger partial charge in [0.25, 0.3) is 0 Å². The first-order valence-electron chi connectivity index (χ1n) is 7.18. The minimum absolute atomic E-state index is 0.842. The summed E-state index contributed by atoms with van der Waals surface area (Å²) in [6.45, 7) is 6.89. The van der Waals surface area contributed by atoms with Gasteiger partial charge in [0.2, 0.25) is 0 Å². The number of hydrogen-bond acceptors (Lipinski definition) is 4. The highest BCUT2D eigenvalue weighted by Crippen LogP contribution is 2.28. The fourth-order valence-corrected chi connectivity index (χ4v) is 2.63. The maximum Gasteiger partial charge on any atom is 0.137 e. The number of aryl methyl sites for hydroxylation is 2. The molecule has 0 atom stereocenters. The fourth-order valence-electron chi connectivity index (χ4n) is 2.63. The van der Waals surface area contributed by atoms with Gasteiger partial charge >= 0.3 is 0 Å². The highest BCUT2D eigenvalue weighted by molar-refractivity contribution is 5.64. The van der Waals surface area contributed by atoms with Crippen LogP contribution in [0.25, 0.3) is 0 Å². The van der Waals surface area contributed by atoms with E-state index in [1.165, 1.54) is 11.3 Å². The van der Waals surface area contributed by atoms with Gasteiger partial charge in [-0.2, -0.15) is 0 Å². The summed E-state index contributed by atoms with van der Waals surface area (Å²) in [6, 6.07) is 10.6. The van der Waals surface area contributed by atoms with Gasteiger partial charge in [-0.15, -0.1) is 0 Å². The monoisotopic (exact) mass is 268 g/mol. The molecule has 2 aromatic rings. The SMILES string of the molecule is CCc1cc(N2CCNCc3ccccc32)nc(C)n1. The molecule has 1 aliphatic heterocycles. The smallest absolute Gasteiger partial charge is 0.137 e. The molecular formula is C16H20N4. The molecule has 0 bridgehead atoms. The van der Waals surface area contributed by atoms with Crippen molar-refractivity contribution in [3.05, 3.63) is 47.4 Å². The van der Waals surface area contributed by atoms with Crippen LogP contribution in [0.4, 0.5) is 11.5 Å². The van der Waals surface area contributed by atoms with Crippen LogP contribution in [0.2, 0.25) is 0 Å². The summed E-state index contributed by atoms with van der Waals surface area (Å²) in [6.07, 6.45) is 0.935. The second-order valence-corrected chi connectivity index (χ2v) is 5.08. The second kappa shape index (κ2) is 5.59. The van der Waals surface area contributed by atoms with E-state index in [1.807, 2.05) is 6.92 Å². The number of anilines is 2. The summed E-state index contributed by atoms with van der Waals surface area (Å²) in [5.41, 5.74) is 3.67. The molecular weight excluding hydrogens is 248 g/mol. The lowest BCUT2D eigenvalue weighted by Crippen LogP contribution is -2.25. The number of nitrogens with one attached hydrogen (secondary N) is 1. The third-order valence-electron chi connectivity index (χ3n) is 3.63. The van der Waals surface area contributed by atoms with Crippen molar-refractivity contribution in [2.45, 2.75) is 26.8 Å². The van der Waals surface area contributed by atoms with E-state index in [9.17, 15) is 0 Å². The predicted molar refractivity (Wildman–Crippen MR) is 81.3 cm³/mol. The van der Waals surface area contributed by atoms with E-state index in [1.54, 1.807) is 0 Å². The lowest BCUT2D eigenvalue weighted by atomic mass is 10.1. The van der Waals surface area contributed by atoms with E-state index in [0.29, 0.717) is 0 Å². The van der Waals surface area contributed by atoms with E-state index in [4.69, 9.17) is 0 Å². The lowest BCUT2D eigenvalue weighted by molar-refractivity contribution is 0.710. The summed E-state index contributed by atoms with van der Waals surface area (Å²) >= 11 is 0. The Labute approximate surface area is 119 Å². The average Bonchev–Trinajstić information content (AvgIpc) is 2.69. The molecule has 2 heterocycles. The number of nitrogens with zero attached hydrogens (tertiary/aromatic N) is 3. The van der Waals surface area contributed by atoms with Crippen LogP contribution in [0.15, 0.2) is 30.3 Å². The Morgan fingerprint density at radius 1 is 1.25 bits per heavy atom. The molecule has 0 aliphatic carbocycles. The number of fused-ring (bicyclic) bond motifs is 1. The van der Waals surface area contributed by atoms with Crippen molar-refractivity contribution < 1.29 is 0 Å². The van der Waals surface area contributed by atoms with Gasteiger partial charge in [0, 0.05) is 37.1 Å². The van der Waals surface area contributed by atoms with Crippen LogP contribution in [-0.2, 0) is 13.0 Å². The molecule has 0 saturated carbocycles. The summed E-state index contributed by atoms with van der Waals surface area (Å²) < 4.78 is 0. The topological polar surface area (TPSA) is 41.0 Å². The number of benzene rings is 1. The third-order valence-corrected chi connectivity index (χ3v) is 3.63. The van der Waals surface area contributed by atoms with Gasteiger partial charge in [-0.1, -0.05) is 25.1 Å². The Bertz CT molecular complexity index is 609. The molecule has 3 rings (SSSR count). The number of aromatic nitrogens is 2. The highest BCUT2D eigenvalue weighted by Gasteiger charge is 2.17. The summed E-state index contributed by atoms with van der Waals surface area (Å²) in [4.78, 5) is 11.4. The van der Waals surface area contributed by atoms with Crippen molar-refractivity contribution >= 4 is 11.5 Å². The van der Waals surface area contributed by atoms with Crippen molar-refractivity contribution in [2.75, 3.05) is 18.0 Å². The number of para-hydroxylation sites is 1. The molecule has 20 heavy (non-hydrogen) atoms. The Balaban J connectivity index is 2.07. The Morgan fingerprint density at radius 2 is 2.10 bits per heavy atom.